The molecular weight excluding hydrogens is 358 g/mol. The Hall–Kier alpha value is 0.620. The van der Waals surface area contributed by atoms with Crippen molar-refractivity contribution in [3.63, 3.8) is 0 Å². The maximum absolute atomic E-state index is 13.1. The molecule has 4 heteroatoms. The molecule has 2 nitrogen and oxygen atoms in total. The Kier molecular flexibility index (Phi) is 14.1. The van der Waals surface area contributed by atoms with E-state index in [-0.39, 0.29) is 0 Å². The van der Waals surface area contributed by atoms with Gasteiger partial charge < -0.3 is 0 Å². The number of hydrogen-bond acceptors (Lipinski definition) is 2. The summed E-state index contributed by atoms with van der Waals surface area (Å²) in [6.45, 7) is 10.8. The van der Waals surface area contributed by atoms with E-state index in [0.29, 0.717) is 6.16 Å². The van der Waals surface area contributed by atoms with E-state index in [4.69, 9.17) is 4.31 Å². The van der Waals surface area contributed by atoms with Crippen LogP contribution in [0.25, 0.3) is 0 Å². The van der Waals surface area contributed by atoms with Crippen molar-refractivity contribution in [3.05, 3.63) is 0 Å². The predicted octanol–water partition coefficient (Wildman–Crippen LogP) is 8.77. The van der Waals surface area contributed by atoms with Crippen LogP contribution in [0.4, 0.5) is 0 Å². The molecule has 0 aromatic carbocycles. The third-order valence-electron chi connectivity index (χ3n) is 5.93. The molecule has 0 rings (SSSR count). The molecule has 0 amide bonds. The summed E-state index contributed by atoms with van der Waals surface area (Å²) in [6.07, 6.45) is 19.7. The van der Waals surface area contributed by atoms with Gasteiger partial charge in [0.1, 0.15) is 0 Å². The summed E-state index contributed by atoms with van der Waals surface area (Å²) in [6, 6.07) is 0. The van der Waals surface area contributed by atoms with Crippen molar-refractivity contribution in [2.45, 2.75) is 105 Å². The first-order valence-electron chi connectivity index (χ1n) is 11.5. The Morgan fingerprint density at radius 3 is 1.27 bits per heavy atom. The summed E-state index contributed by atoms with van der Waals surface area (Å²) in [4.78, 5) is 0. The second-order valence-electron chi connectivity index (χ2n) is 8.95. The van der Waals surface area contributed by atoms with Crippen LogP contribution in [0.5, 0.6) is 0 Å². The molecule has 0 radical (unpaired) electrons. The third-order valence-corrected chi connectivity index (χ3v) is 15.2. The van der Waals surface area contributed by atoms with Crippen LogP contribution < -0.4 is 0 Å². The van der Waals surface area contributed by atoms with Crippen molar-refractivity contribution < 1.29 is 8.88 Å². The normalized spacial score (nSPS) is 16.2. The summed E-state index contributed by atoms with van der Waals surface area (Å²) in [5, 5.41) is 0. The molecule has 160 valence electrons. The first-order valence-corrected chi connectivity index (χ1v) is 16.9. The van der Waals surface area contributed by atoms with Crippen molar-refractivity contribution in [2.75, 3.05) is 38.0 Å². The molecule has 0 heterocycles. The van der Waals surface area contributed by atoms with Crippen molar-refractivity contribution in [1.29, 1.82) is 0 Å². The fraction of sp³-hybridized carbons (Fsp3) is 1.00. The van der Waals surface area contributed by atoms with Gasteiger partial charge in [-0.15, -0.1) is 0 Å². The van der Waals surface area contributed by atoms with Gasteiger partial charge in [0.05, 0.1) is 0 Å². The Labute approximate surface area is 166 Å². The van der Waals surface area contributed by atoms with E-state index in [1.807, 2.05) is 13.6 Å². The van der Waals surface area contributed by atoms with Crippen LogP contribution in [0.2, 0.25) is 0 Å². The van der Waals surface area contributed by atoms with Crippen molar-refractivity contribution >= 4 is 14.2 Å². The third kappa shape index (κ3) is 11.5. The zero-order chi connectivity index (χ0) is 20.0. The fourth-order valence-corrected chi connectivity index (χ4v) is 13.8. The van der Waals surface area contributed by atoms with Gasteiger partial charge in [0, 0.05) is 0 Å². The van der Waals surface area contributed by atoms with Crippen LogP contribution in [-0.2, 0) is 8.88 Å². The molecule has 0 fully saturated rings. The molecule has 1 atom stereocenters. The van der Waals surface area contributed by atoms with Gasteiger partial charge in [0.2, 0.25) is 0 Å². The SMILES string of the molecule is CCCCCCP(C)(CCCCCC)(CCCCCC)OP(C)(=O)CC. The van der Waals surface area contributed by atoms with E-state index < -0.39 is 14.2 Å². The van der Waals surface area contributed by atoms with E-state index in [0.717, 1.165) is 0 Å². The Bertz CT molecular complexity index is 362. The standard InChI is InChI=1S/C22H50O2P2/c1-7-11-14-17-20-26(6,21-18-15-12-8-2,22-19-16-13-9-3)24-25(5,23)10-4/h7-22H2,1-6H3. The van der Waals surface area contributed by atoms with Gasteiger partial charge in [0.15, 0.2) is 0 Å². The summed E-state index contributed by atoms with van der Waals surface area (Å²) >= 11 is 0. The molecule has 0 aliphatic carbocycles. The van der Waals surface area contributed by atoms with Crippen LogP contribution in [0.15, 0.2) is 0 Å². The van der Waals surface area contributed by atoms with Gasteiger partial charge >= 0.3 is 166 Å². The van der Waals surface area contributed by atoms with Crippen LogP contribution in [0, 0.1) is 0 Å². The van der Waals surface area contributed by atoms with Crippen LogP contribution >= 0.6 is 14.2 Å². The Morgan fingerprint density at radius 2 is 1.00 bits per heavy atom. The van der Waals surface area contributed by atoms with Crippen molar-refractivity contribution in [3.8, 4) is 0 Å². The maximum atomic E-state index is 13.1. The minimum atomic E-state index is -2.47. The Balaban J connectivity index is 5.30. The monoisotopic (exact) mass is 408 g/mol. The zero-order valence-corrected chi connectivity index (χ0v) is 20.8. The number of rotatable bonds is 18. The molecule has 0 N–H and O–H groups in total. The molecule has 0 spiro atoms. The molecular formula is C22H50O2P2. The van der Waals surface area contributed by atoms with E-state index in [1.165, 1.54) is 95.5 Å². The molecule has 0 aliphatic rings. The summed E-state index contributed by atoms with van der Waals surface area (Å²) < 4.78 is 19.9. The molecule has 0 bridgehead atoms. The first kappa shape index (κ1) is 26.6. The number of unbranched alkanes of at least 4 members (excludes halogenated alkanes) is 9. The molecule has 0 aromatic rings. The summed E-state index contributed by atoms with van der Waals surface area (Å²) in [5.74, 6) is 0. The molecule has 0 saturated heterocycles. The van der Waals surface area contributed by atoms with E-state index in [9.17, 15) is 4.57 Å². The fourth-order valence-electron chi connectivity index (χ4n) is 4.01. The van der Waals surface area contributed by atoms with Gasteiger partial charge in [-0.3, -0.25) is 0 Å². The van der Waals surface area contributed by atoms with Crippen LogP contribution in [0.1, 0.15) is 105 Å². The number of hydrogen-bond donors (Lipinski definition) is 0. The molecule has 0 saturated carbocycles. The molecule has 1 unspecified atom stereocenters. The van der Waals surface area contributed by atoms with Gasteiger partial charge in [-0.05, 0) is 0 Å². The van der Waals surface area contributed by atoms with Crippen LogP contribution in [0.3, 0.4) is 0 Å². The van der Waals surface area contributed by atoms with Crippen molar-refractivity contribution in [2.24, 2.45) is 0 Å². The van der Waals surface area contributed by atoms with Gasteiger partial charge in [-0.25, -0.2) is 0 Å². The summed E-state index contributed by atoms with van der Waals surface area (Å²) in [5.41, 5.74) is 0. The second kappa shape index (κ2) is 13.7. The van der Waals surface area contributed by atoms with Gasteiger partial charge in [-0.1, -0.05) is 0 Å². The van der Waals surface area contributed by atoms with E-state index in [1.54, 1.807) is 0 Å². The first-order chi connectivity index (χ1) is 12.2. The summed E-state index contributed by atoms with van der Waals surface area (Å²) in [7, 11) is -2.47. The molecule has 0 aromatic heterocycles. The minimum absolute atomic E-state index is 0.678. The quantitative estimate of drug-likeness (QED) is 0.167. The Morgan fingerprint density at radius 1 is 0.654 bits per heavy atom. The van der Waals surface area contributed by atoms with Gasteiger partial charge in [-0.2, -0.15) is 0 Å². The predicted molar refractivity (Wildman–Crippen MR) is 125 cm³/mol. The molecule has 26 heavy (non-hydrogen) atoms. The average Bonchev–Trinajstić information content (AvgIpc) is 2.60. The molecule has 0 aliphatic heterocycles. The van der Waals surface area contributed by atoms with Crippen LogP contribution in [-0.4, -0.2) is 38.0 Å². The average molecular weight is 409 g/mol. The van der Waals surface area contributed by atoms with Crippen molar-refractivity contribution in [1.82, 2.24) is 0 Å². The zero-order valence-electron chi connectivity index (χ0n) is 19.0. The van der Waals surface area contributed by atoms with E-state index >= 15 is 0 Å². The van der Waals surface area contributed by atoms with Gasteiger partial charge in [0.25, 0.3) is 0 Å². The van der Waals surface area contributed by atoms with E-state index in [2.05, 4.69) is 27.4 Å². The topological polar surface area (TPSA) is 26.3 Å². The second-order valence-corrected chi connectivity index (χ2v) is 18.0.